The summed E-state index contributed by atoms with van der Waals surface area (Å²) in [6.45, 7) is 0. The minimum atomic E-state index is -0.277. The summed E-state index contributed by atoms with van der Waals surface area (Å²) >= 11 is 67.3. The van der Waals surface area contributed by atoms with Crippen LogP contribution in [0.3, 0.4) is 0 Å². The Morgan fingerprint density at radius 1 is 0.180 bits per heavy atom. The van der Waals surface area contributed by atoms with E-state index in [1.54, 1.807) is 74.2 Å². The SMILES string of the molecule is Cn1c2ccc(Br)cc2c2cc(Br)ccc21.Cn1c2ccc(I)cc2c2cc(I)ccc21.[2H]c1c(Br)c([2H])c2c3c([2H])c(Br)c([2H])c([2H])c3n(C)c2c1[2H].[2H]c1c(Cl)c([2H])c2c3c([2H])c(Cl)c([2H])c([2H])c3n(C)c2c1[2H].[2H]c1cc2c(c([2H])c1Br)c1c([2H])c(Br)c([2H])cc1n2C.[2H]c1cc2c(c([2H])c1Cl)c1c([2H])c(Cl)c([2H])cc1n2C.[2H]c1cc2c(cc1Br)c1cc(Br)c([2H])cc1n2C.[2H]c1cc2c(cc1Cl)c1cc(Cl)c([2H])cc1n2C. The summed E-state index contributed by atoms with van der Waals surface area (Å²) in [5.74, 6) is 0. The summed E-state index contributed by atoms with van der Waals surface area (Å²) in [4.78, 5) is 0. The Balaban J connectivity index is 0.000000118. The molecule has 0 spiro atoms. The van der Waals surface area contributed by atoms with Crippen LogP contribution < -0.4 is 0 Å². The van der Waals surface area contributed by atoms with Crippen molar-refractivity contribution >= 4 is 417 Å². The third kappa shape index (κ3) is 18.8. The van der Waals surface area contributed by atoms with Crippen molar-refractivity contribution in [1.82, 2.24) is 36.5 Å². The van der Waals surface area contributed by atoms with Crippen molar-refractivity contribution in [2.24, 2.45) is 56.4 Å². The molecule has 24 rings (SSSR count). The molecule has 0 saturated carbocycles. The van der Waals surface area contributed by atoms with Crippen molar-refractivity contribution in [2.45, 2.75) is 0 Å². The van der Waals surface area contributed by atoms with Crippen LogP contribution in [0, 0.1) is 7.14 Å². The molecule has 640 valence electrons. The minimum absolute atomic E-state index is 0.0131. The Hall–Kier alpha value is -7.04. The molecule has 0 radical (unpaired) electrons. The summed E-state index contributed by atoms with van der Waals surface area (Å²) in [6.07, 6.45) is 0. The van der Waals surface area contributed by atoms with Gasteiger partial charge in [0.25, 0.3) is 0 Å². The maximum Gasteiger partial charge on any atom is 0.0646 e. The van der Waals surface area contributed by atoms with E-state index in [2.05, 4.69) is 269 Å². The Morgan fingerprint density at radius 3 is 0.695 bits per heavy atom. The van der Waals surface area contributed by atoms with Crippen LogP contribution >= 0.6 is 242 Å². The molecule has 8 nitrogen and oxygen atoms in total. The molecule has 128 heavy (non-hydrogen) atoms. The van der Waals surface area contributed by atoms with E-state index < -0.39 is 0 Å². The molecule has 0 amide bonds. The molecule has 0 bridgehead atoms. The Labute approximate surface area is 896 Å². The van der Waals surface area contributed by atoms with Crippen LogP contribution in [0.5, 0.6) is 0 Å². The summed E-state index contributed by atoms with van der Waals surface area (Å²) in [7, 11) is 14.9. The molecule has 0 fully saturated rings. The first kappa shape index (κ1) is 67.2. The third-order valence-electron chi connectivity index (χ3n) is 21.6. The lowest BCUT2D eigenvalue weighted by Gasteiger charge is -1.97. The first-order valence-corrected chi connectivity index (χ1v) is 48.8. The van der Waals surface area contributed by atoms with Gasteiger partial charge in [-0.1, -0.05) is 197 Å². The standard InChI is InChI=1S/4C13H9Br2N.3C13H9Cl2N.C13H9I2N/c8*1-16-12-4-2-8(14)6-10(12)11-7-9(15)3-5-13(11)16/h8*2-7H,1H3/i2D,3D,4D,5D,6D,7D;2D,3D,6D,7D;2D,3D;;2D,3D,4D,5D,6D,7D;2D,3D,6D,7D;2D,3D;. The van der Waals surface area contributed by atoms with Gasteiger partial charge < -0.3 is 36.5 Å². The van der Waals surface area contributed by atoms with Crippen molar-refractivity contribution in [3.05, 3.63) is 364 Å². The molecule has 0 aliphatic rings. The predicted octanol–water partition coefficient (Wildman–Crippen LogP) is 37.9. The molecule has 0 aliphatic carbocycles. The number of halogens is 16. The predicted molar refractivity (Wildman–Crippen MR) is 600 cm³/mol. The second-order valence-electron chi connectivity index (χ2n) is 29.0. The smallest absolute Gasteiger partial charge is 0.0646 e. The van der Waals surface area contributed by atoms with Gasteiger partial charge in [0.05, 0.1) is 32.9 Å². The van der Waals surface area contributed by atoms with E-state index in [1.165, 1.54) is 59.9 Å². The van der Waals surface area contributed by atoms with Crippen molar-refractivity contribution < 1.29 is 32.9 Å². The average molecular weight is 2560 g/mol. The van der Waals surface area contributed by atoms with E-state index in [4.69, 9.17) is 103 Å². The van der Waals surface area contributed by atoms with E-state index in [9.17, 15) is 0 Å². The topological polar surface area (TPSA) is 39.4 Å². The monoisotopic (exact) mass is 2550 g/mol. The molecule has 0 unspecified atom stereocenters. The molecule has 16 aromatic carbocycles. The fourth-order valence-electron chi connectivity index (χ4n) is 15.6. The van der Waals surface area contributed by atoms with E-state index in [0.717, 1.165) is 72.5 Å². The normalized spacial score (nSPS) is 14.1. The summed E-state index contributed by atoms with van der Waals surface area (Å²) in [5.41, 5.74) is 12.8. The number of benzene rings is 16. The lowest BCUT2D eigenvalue weighted by molar-refractivity contribution is 1.01. The number of rotatable bonds is 0. The van der Waals surface area contributed by atoms with Crippen LogP contribution in [0.2, 0.25) is 30.1 Å². The fraction of sp³-hybridized carbons (Fsp3) is 0.0769. The second kappa shape index (κ2) is 38.9. The Bertz CT molecular complexity index is 9030. The van der Waals surface area contributed by atoms with Gasteiger partial charge in [-0.05, 0) is 336 Å². The summed E-state index contributed by atoms with van der Waals surface area (Å²) in [5, 5.41) is 13.3. The lowest BCUT2D eigenvalue weighted by Crippen LogP contribution is -1.85. The first-order chi connectivity index (χ1) is 71.4. The van der Waals surface area contributed by atoms with Crippen LogP contribution in [-0.4, -0.2) is 36.5 Å². The summed E-state index contributed by atoms with van der Waals surface area (Å²) in [6, 6.07) is 48.1. The molecule has 8 heterocycles. The van der Waals surface area contributed by atoms with Crippen molar-refractivity contribution in [3.8, 4) is 0 Å². The maximum atomic E-state index is 8.24. The molecule has 0 N–H and O–H groups in total. The highest BCUT2D eigenvalue weighted by Gasteiger charge is 2.17. The van der Waals surface area contributed by atoms with Crippen molar-refractivity contribution in [2.75, 3.05) is 0 Å². The molecular formula is C104H72Br8Cl6I2N8. The minimum Gasteiger partial charge on any atom is -0.344 e. The van der Waals surface area contributed by atoms with E-state index in [0.29, 0.717) is 97.5 Å². The van der Waals surface area contributed by atoms with Gasteiger partial charge in [-0.25, -0.2) is 0 Å². The van der Waals surface area contributed by atoms with Gasteiger partial charge in [-0.15, -0.1) is 0 Å². The zero-order valence-corrected chi connectivity index (χ0v) is 89.0. The molecule has 24 aromatic rings. The van der Waals surface area contributed by atoms with Crippen LogP contribution in [0.1, 0.15) is 32.9 Å². The fourth-order valence-corrected chi connectivity index (χ4v) is 20.1. The van der Waals surface area contributed by atoms with E-state index in [-0.39, 0.29) is 172 Å². The maximum absolute atomic E-state index is 8.24. The highest BCUT2D eigenvalue weighted by atomic mass is 127. The Kier molecular flexibility index (Phi) is 20.4. The lowest BCUT2D eigenvalue weighted by atomic mass is 10.1. The third-order valence-corrected chi connectivity index (χ3v) is 27.7. The molecule has 0 saturated heterocycles. The largest absolute Gasteiger partial charge is 0.344 e. The number of hydrogen-bond acceptors (Lipinski definition) is 0. The van der Waals surface area contributed by atoms with Crippen molar-refractivity contribution in [1.29, 1.82) is 0 Å². The van der Waals surface area contributed by atoms with Crippen LogP contribution in [0.25, 0.3) is 174 Å². The van der Waals surface area contributed by atoms with Crippen molar-refractivity contribution in [3.63, 3.8) is 0 Å². The zero-order chi connectivity index (χ0) is 111. The van der Waals surface area contributed by atoms with Gasteiger partial charge in [-0.3, -0.25) is 0 Å². The Morgan fingerprint density at radius 2 is 0.375 bits per heavy atom. The van der Waals surface area contributed by atoms with Gasteiger partial charge in [0.2, 0.25) is 0 Å². The zero-order valence-electron chi connectivity index (χ0n) is 91.5. The molecule has 0 atom stereocenters. The highest BCUT2D eigenvalue weighted by Crippen LogP contribution is 2.41. The van der Waals surface area contributed by atoms with Gasteiger partial charge in [-0.2, -0.15) is 0 Å². The molecule has 24 heteroatoms. The van der Waals surface area contributed by atoms with Crippen LogP contribution in [-0.2, 0) is 56.4 Å². The second-order valence-corrected chi connectivity index (χ2v) is 40.6. The van der Waals surface area contributed by atoms with Crippen LogP contribution in [0.15, 0.2) is 326 Å². The van der Waals surface area contributed by atoms with Gasteiger partial charge in [0, 0.05) is 304 Å². The number of aromatic nitrogens is 8. The highest BCUT2D eigenvalue weighted by molar-refractivity contribution is 14.1. The molecular weight excluding hydrogens is 2470 g/mol. The van der Waals surface area contributed by atoms with Gasteiger partial charge >= 0.3 is 0 Å². The number of nitrogens with zero attached hydrogens (tertiary/aromatic N) is 8. The molecule has 0 aliphatic heterocycles. The van der Waals surface area contributed by atoms with Crippen LogP contribution in [0.4, 0.5) is 0 Å². The quantitative estimate of drug-likeness (QED) is 0.136. The van der Waals surface area contributed by atoms with E-state index in [1.807, 2.05) is 59.1 Å². The van der Waals surface area contributed by atoms with E-state index >= 15 is 0 Å². The average Bonchev–Trinajstić information content (AvgIpc) is 1.56. The summed E-state index contributed by atoms with van der Waals surface area (Å²) < 4.78 is 214. The number of fused-ring (bicyclic) bond motifs is 24. The number of aryl methyl sites for hydroxylation is 8. The molecule has 8 aromatic heterocycles. The van der Waals surface area contributed by atoms with Gasteiger partial charge in [0.15, 0.2) is 0 Å². The number of hydrogen-bond donors (Lipinski definition) is 0. The van der Waals surface area contributed by atoms with Gasteiger partial charge in [0.1, 0.15) is 0 Å². The first-order valence-electron chi connectivity index (χ1n) is 50.1.